The van der Waals surface area contributed by atoms with E-state index in [4.69, 9.17) is 14.2 Å². The summed E-state index contributed by atoms with van der Waals surface area (Å²) in [5.74, 6) is 1.19. The molecule has 7 nitrogen and oxygen atoms in total. The lowest BCUT2D eigenvalue weighted by molar-refractivity contribution is -0.138. The van der Waals surface area contributed by atoms with Crippen LogP contribution in [0.1, 0.15) is 25.3 Å². The van der Waals surface area contributed by atoms with Gasteiger partial charge >= 0.3 is 0 Å². The van der Waals surface area contributed by atoms with Crippen molar-refractivity contribution in [2.45, 2.75) is 19.8 Å². The van der Waals surface area contributed by atoms with Gasteiger partial charge in [0.15, 0.2) is 11.5 Å². The van der Waals surface area contributed by atoms with Gasteiger partial charge in [-0.1, -0.05) is 13.0 Å². The molecule has 0 unspecified atom stereocenters. The molecule has 0 radical (unpaired) electrons. The number of hydrogen-bond donors (Lipinski definition) is 0. The van der Waals surface area contributed by atoms with Crippen LogP contribution in [0.3, 0.4) is 0 Å². The van der Waals surface area contributed by atoms with Gasteiger partial charge in [0, 0.05) is 20.2 Å². The van der Waals surface area contributed by atoms with Crippen LogP contribution in [0.4, 0.5) is 0 Å². The van der Waals surface area contributed by atoms with E-state index >= 15 is 0 Å². The molecule has 2 heterocycles. The second kappa shape index (κ2) is 8.65. The molecule has 0 spiro atoms. The minimum atomic E-state index is -0.289. The number of carbonyl (C=O) groups excluding carboxylic acids is 2. The van der Waals surface area contributed by atoms with E-state index in [1.54, 1.807) is 39.5 Å². The maximum Gasteiger partial charge on any atom is 0.277 e. The van der Waals surface area contributed by atoms with Crippen molar-refractivity contribution < 1.29 is 23.8 Å². The highest BCUT2D eigenvalue weighted by molar-refractivity contribution is 6.35. The number of ether oxygens (including phenoxy) is 3. The van der Waals surface area contributed by atoms with Crippen LogP contribution in [0.25, 0.3) is 5.57 Å². The van der Waals surface area contributed by atoms with Crippen LogP contribution < -0.4 is 9.47 Å². The summed E-state index contributed by atoms with van der Waals surface area (Å²) in [6.45, 7) is 4.29. The van der Waals surface area contributed by atoms with Gasteiger partial charge in [-0.15, -0.1) is 0 Å². The largest absolute Gasteiger partial charge is 0.493 e. The lowest BCUT2D eigenvalue weighted by atomic mass is 9.97. The summed E-state index contributed by atoms with van der Waals surface area (Å²) < 4.78 is 15.8. The highest BCUT2D eigenvalue weighted by Gasteiger charge is 2.42. The van der Waals surface area contributed by atoms with E-state index in [0.717, 1.165) is 25.9 Å². The summed E-state index contributed by atoms with van der Waals surface area (Å²) in [4.78, 5) is 29.7. The van der Waals surface area contributed by atoms with Crippen LogP contribution in [0, 0.1) is 5.92 Å². The number of amides is 2. The van der Waals surface area contributed by atoms with Gasteiger partial charge in [-0.3, -0.25) is 14.5 Å². The van der Waals surface area contributed by atoms with Gasteiger partial charge in [0.2, 0.25) is 0 Å². The first-order chi connectivity index (χ1) is 13.5. The molecule has 3 rings (SSSR count). The van der Waals surface area contributed by atoms with Crippen molar-refractivity contribution in [3.05, 3.63) is 29.5 Å². The Balaban J connectivity index is 2.05. The molecule has 7 heteroatoms. The Hall–Kier alpha value is -2.54. The predicted molar refractivity (Wildman–Crippen MR) is 105 cm³/mol. The van der Waals surface area contributed by atoms with Gasteiger partial charge in [0.25, 0.3) is 11.8 Å². The molecule has 1 fully saturated rings. The van der Waals surface area contributed by atoms with Gasteiger partial charge in [-0.05, 0) is 36.5 Å². The van der Waals surface area contributed by atoms with Gasteiger partial charge in [-0.2, -0.15) is 0 Å². The van der Waals surface area contributed by atoms with E-state index in [2.05, 4.69) is 11.8 Å². The highest BCUT2D eigenvalue weighted by Crippen LogP contribution is 2.37. The summed E-state index contributed by atoms with van der Waals surface area (Å²) in [5, 5.41) is 0. The molecule has 1 aromatic carbocycles. The van der Waals surface area contributed by atoms with Gasteiger partial charge < -0.3 is 19.1 Å². The first kappa shape index (κ1) is 20.2. The van der Waals surface area contributed by atoms with Crippen LogP contribution >= 0.6 is 0 Å². The van der Waals surface area contributed by atoms with Crippen LogP contribution in [-0.2, 0) is 14.3 Å². The molecule has 0 aromatic heterocycles. The maximum atomic E-state index is 13.2. The predicted octanol–water partition coefficient (Wildman–Crippen LogP) is 2.16. The quantitative estimate of drug-likeness (QED) is 0.667. The number of imide groups is 1. The third-order valence-electron chi connectivity index (χ3n) is 5.43. The van der Waals surface area contributed by atoms with E-state index in [1.165, 1.54) is 4.90 Å². The number of hydrogen-bond acceptors (Lipinski definition) is 6. The first-order valence-electron chi connectivity index (χ1n) is 9.58. The second-order valence-corrected chi connectivity index (χ2v) is 7.22. The third kappa shape index (κ3) is 3.71. The Morgan fingerprint density at radius 2 is 1.68 bits per heavy atom. The average molecular weight is 388 g/mol. The van der Waals surface area contributed by atoms with Crippen molar-refractivity contribution in [1.82, 2.24) is 9.80 Å². The van der Waals surface area contributed by atoms with Gasteiger partial charge in [0.05, 0.1) is 32.9 Å². The summed E-state index contributed by atoms with van der Waals surface area (Å²) in [5.41, 5.74) is 1.57. The van der Waals surface area contributed by atoms with Crippen LogP contribution in [0.5, 0.6) is 11.5 Å². The van der Waals surface area contributed by atoms with Crippen molar-refractivity contribution in [2.24, 2.45) is 5.92 Å². The molecule has 0 N–H and O–H groups in total. The Labute approximate surface area is 165 Å². The minimum Gasteiger partial charge on any atom is -0.493 e. The Bertz CT molecular complexity index is 781. The normalized spacial score (nSPS) is 18.3. The highest BCUT2D eigenvalue weighted by atomic mass is 16.5. The number of rotatable bonds is 7. The number of nitrogens with zero attached hydrogens (tertiary/aromatic N) is 2. The summed E-state index contributed by atoms with van der Waals surface area (Å²) >= 11 is 0. The molecule has 1 saturated heterocycles. The number of carbonyl (C=O) groups is 2. The molecule has 0 aliphatic carbocycles. The Morgan fingerprint density at radius 1 is 1.00 bits per heavy atom. The van der Waals surface area contributed by atoms with Crippen molar-refractivity contribution in [3.63, 3.8) is 0 Å². The number of methoxy groups -OCH3 is 3. The fraction of sp³-hybridized carbons (Fsp3) is 0.524. The van der Waals surface area contributed by atoms with Gasteiger partial charge in [0.1, 0.15) is 5.70 Å². The molecule has 2 amide bonds. The molecular formula is C21H28N2O5. The van der Waals surface area contributed by atoms with E-state index in [9.17, 15) is 9.59 Å². The van der Waals surface area contributed by atoms with Gasteiger partial charge in [-0.25, -0.2) is 0 Å². The van der Waals surface area contributed by atoms with Crippen molar-refractivity contribution >= 4 is 17.4 Å². The fourth-order valence-electron chi connectivity index (χ4n) is 3.73. The first-order valence-corrected chi connectivity index (χ1v) is 9.58. The molecule has 0 saturated carbocycles. The van der Waals surface area contributed by atoms with E-state index in [-0.39, 0.29) is 18.4 Å². The second-order valence-electron chi connectivity index (χ2n) is 7.22. The SMILES string of the molecule is COCCN1C(=O)C(c2ccc(OC)c(OC)c2)=C(N2CCC(C)CC2)C1=O. The monoisotopic (exact) mass is 388 g/mol. The van der Waals surface area contributed by atoms with Crippen LogP contribution in [0.15, 0.2) is 23.9 Å². The lowest BCUT2D eigenvalue weighted by Gasteiger charge is -2.32. The molecule has 2 aliphatic heterocycles. The molecule has 2 aliphatic rings. The summed E-state index contributed by atoms with van der Waals surface area (Å²) in [6, 6.07) is 5.31. The fourth-order valence-corrected chi connectivity index (χ4v) is 3.73. The van der Waals surface area contributed by atoms with E-state index in [0.29, 0.717) is 40.9 Å². The Morgan fingerprint density at radius 3 is 2.29 bits per heavy atom. The molecular weight excluding hydrogens is 360 g/mol. The number of piperidine rings is 1. The maximum absolute atomic E-state index is 13.2. The molecule has 0 atom stereocenters. The van der Waals surface area contributed by atoms with Crippen molar-refractivity contribution in [3.8, 4) is 11.5 Å². The minimum absolute atomic E-state index is 0.235. The topological polar surface area (TPSA) is 68.3 Å². The smallest absolute Gasteiger partial charge is 0.277 e. The molecule has 28 heavy (non-hydrogen) atoms. The summed E-state index contributed by atoms with van der Waals surface area (Å²) in [7, 11) is 4.67. The number of benzene rings is 1. The van der Waals surface area contributed by atoms with Crippen LogP contribution in [0.2, 0.25) is 0 Å². The van der Waals surface area contributed by atoms with E-state index < -0.39 is 0 Å². The van der Waals surface area contributed by atoms with Crippen molar-refractivity contribution in [1.29, 1.82) is 0 Å². The zero-order chi connectivity index (χ0) is 20.3. The third-order valence-corrected chi connectivity index (χ3v) is 5.43. The van der Waals surface area contributed by atoms with Crippen molar-refractivity contribution in [2.75, 3.05) is 47.6 Å². The average Bonchev–Trinajstić information content (AvgIpc) is 2.96. The molecule has 1 aromatic rings. The molecule has 0 bridgehead atoms. The molecule has 152 valence electrons. The Kier molecular flexibility index (Phi) is 6.24. The zero-order valence-corrected chi connectivity index (χ0v) is 17.0. The summed E-state index contributed by atoms with van der Waals surface area (Å²) in [6.07, 6.45) is 2.00. The zero-order valence-electron chi connectivity index (χ0n) is 17.0. The number of likely N-dealkylation sites (tertiary alicyclic amines) is 1. The lowest BCUT2D eigenvalue weighted by Crippen LogP contribution is -2.39. The standard InChI is InChI=1S/C21H28N2O5/c1-14-7-9-22(10-8-14)19-18(20(24)23(21(19)25)11-12-26-2)15-5-6-16(27-3)17(13-15)28-4/h5-6,13-14H,7-12H2,1-4H3. The van der Waals surface area contributed by atoms with Crippen LogP contribution in [-0.4, -0.2) is 69.2 Å². The van der Waals surface area contributed by atoms with E-state index in [1.807, 2.05) is 0 Å².